The predicted octanol–water partition coefficient (Wildman–Crippen LogP) is 14.6. The second kappa shape index (κ2) is 19.4. The van der Waals surface area contributed by atoms with Gasteiger partial charge in [-0.2, -0.15) is 29.8 Å². The molecule has 2 aromatic heterocycles. The van der Waals surface area contributed by atoms with Crippen LogP contribution in [0.3, 0.4) is 0 Å². The summed E-state index contributed by atoms with van der Waals surface area (Å²) in [6, 6.07) is 43.1. The summed E-state index contributed by atoms with van der Waals surface area (Å²) in [5.41, 5.74) is 8.23. The molecule has 0 aliphatic rings. The van der Waals surface area contributed by atoms with E-state index in [9.17, 15) is 0 Å². The van der Waals surface area contributed by atoms with Crippen LogP contribution in [0, 0.1) is 12.4 Å². The van der Waals surface area contributed by atoms with Crippen molar-refractivity contribution in [2.75, 3.05) is 0 Å². The largest absolute Gasteiger partial charge is 0.677 e. The van der Waals surface area contributed by atoms with Crippen molar-refractivity contribution >= 4 is 16.7 Å². The van der Waals surface area contributed by atoms with E-state index in [2.05, 4.69) is 85.2 Å². The third-order valence-corrected chi connectivity index (χ3v) is 10.9. The maximum atomic E-state index is 8.88. The van der Waals surface area contributed by atoms with E-state index in [0.29, 0.717) is 16.7 Å². The van der Waals surface area contributed by atoms with Crippen molar-refractivity contribution in [3.63, 3.8) is 0 Å². The van der Waals surface area contributed by atoms with Gasteiger partial charge in [0.2, 0.25) is 0 Å². The van der Waals surface area contributed by atoms with Crippen molar-refractivity contribution in [3.8, 4) is 50.4 Å². The van der Waals surface area contributed by atoms with Gasteiger partial charge in [-0.05, 0) is 56.6 Å². The van der Waals surface area contributed by atoms with Crippen LogP contribution in [-0.2, 0) is 32.0 Å². The molecule has 0 atom stereocenters. The molecule has 2 heterocycles. The molecule has 8 aromatic carbocycles. The Balaban J connectivity index is 0.000000283. The average Bonchev–Trinajstić information content (AvgIpc) is 4.09. The summed E-state index contributed by atoms with van der Waals surface area (Å²) >= 11 is 0. The Morgan fingerprint density at radius 2 is 1.23 bits per heavy atom. The van der Waals surface area contributed by atoms with Gasteiger partial charge in [-0.15, -0.1) is 11.2 Å². The maximum Gasteiger partial charge on any atom is 0.268 e. The molecule has 0 saturated heterocycles. The minimum Gasteiger partial charge on any atom is -0.677 e. The molecular weight excluding hydrogens is 974 g/mol. The molecule has 10 rings (SSSR count). The van der Waals surface area contributed by atoms with Gasteiger partial charge in [0, 0.05) is 39.0 Å². The van der Waals surface area contributed by atoms with E-state index in [4.69, 9.17) is 19.0 Å². The molecule has 0 spiro atoms. The summed E-state index contributed by atoms with van der Waals surface area (Å²) in [5.74, 6) is 0. The van der Waals surface area contributed by atoms with Crippen LogP contribution in [0.15, 0.2) is 219 Å². The van der Waals surface area contributed by atoms with Gasteiger partial charge in [-0.25, -0.2) is 4.98 Å². The Bertz CT molecular complexity index is 3580. The van der Waals surface area contributed by atoms with Gasteiger partial charge in [-0.3, -0.25) is 4.57 Å². The number of imidazole rings is 2. The summed E-state index contributed by atoms with van der Waals surface area (Å²) < 4.78 is 91.2. The molecule has 0 bridgehead atoms. The van der Waals surface area contributed by atoms with Crippen molar-refractivity contribution in [2.24, 2.45) is 0 Å². The monoisotopic (exact) mass is 1030 g/mol. The predicted molar refractivity (Wildman–Crippen MR) is 264 cm³/mol. The summed E-state index contributed by atoms with van der Waals surface area (Å²) in [6.45, 7) is 10.7. The first-order chi connectivity index (χ1) is 35.3. The number of fused-ring (bicyclic) bond motifs is 1. The average molecular weight is 1040 g/mol. The van der Waals surface area contributed by atoms with Crippen LogP contribution in [0.2, 0.25) is 0 Å². The molecule has 0 unspecified atom stereocenters. The van der Waals surface area contributed by atoms with Gasteiger partial charge in [0.05, 0.1) is 42.4 Å². The van der Waals surface area contributed by atoms with Crippen LogP contribution < -0.4 is 4.57 Å². The van der Waals surface area contributed by atoms with Gasteiger partial charge in [0.15, 0.2) is 0 Å². The minimum atomic E-state index is -0.669. The van der Waals surface area contributed by atoms with Gasteiger partial charge in [0.1, 0.15) is 0 Å². The van der Waals surface area contributed by atoms with Gasteiger partial charge in [-0.1, -0.05) is 204 Å². The molecule has 324 valence electrons. The fourth-order valence-electron chi connectivity index (χ4n) is 7.67. The van der Waals surface area contributed by atoms with E-state index in [0.717, 1.165) is 16.9 Å². The maximum absolute atomic E-state index is 8.88. The summed E-state index contributed by atoms with van der Waals surface area (Å²) in [7, 11) is 0. The second-order valence-corrected chi connectivity index (χ2v) is 16.7. The van der Waals surface area contributed by atoms with E-state index < -0.39 is 66.0 Å². The fraction of sp³-hybridized carbons (Fsp3) is 0.119. The Kier molecular flexibility index (Phi) is 9.95. The minimum absolute atomic E-state index is 0. The first-order valence-electron chi connectivity index (χ1n) is 26.0. The second-order valence-electron chi connectivity index (χ2n) is 16.7. The first kappa shape index (κ1) is 33.4. The molecular formula is C59H51N5Pt-2. The Morgan fingerprint density at radius 3 is 1.86 bits per heavy atom. The molecule has 5 nitrogen and oxygen atoms in total. The Morgan fingerprint density at radius 1 is 0.615 bits per heavy atom. The van der Waals surface area contributed by atoms with Crippen LogP contribution in [-0.4, -0.2) is 14.1 Å². The zero-order valence-electron chi connectivity index (χ0n) is 46.6. The first-order valence-corrected chi connectivity index (χ1v) is 21.0. The van der Waals surface area contributed by atoms with Gasteiger partial charge < -0.3 is 14.5 Å². The number of nitrogens with zero attached hydrogens (tertiary/aromatic N) is 5. The topological polar surface area (TPSA) is 40.7 Å². The fourth-order valence-corrected chi connectivity index (χ4v) is 7.67. The van der Waals surface area contributed by atoms with E-state index in [1.807, 2.05) is 111 Å². The standard InChI is InChI=1S/C40H31N3.C19H20N2.Pt/c1-40(2,41-33-21-10-5-11-22-33)32-20-14-23-34(28-32)42-29-43(38-27-13-12-26-37(38)42)39-35(30-16-6-3-7-17-30)24-15-25-36(39)31-18-8-4-9-19-31;1-19(2,3)16-9-10-18(21-12-11-20-14-21)17(13-16)15-7-5-4-6-8-15;/h3-27H,1-2H3;4-14H,1-3H3;/q-2;;/i3D,4D,6D,7D,8D,9D,16D,17D,18D,19D;;. The smallest absolute Gasteiger partial charge is 0.268 e. The molecule has 0 amide bonds. The Labute approximate surface area is 412 Å². The third-order valence-electron chi connectivity index (χ3n) is 10.9. The summed E-state index contributed by atoms with van der Waals surface area (Å²) in [6.07, 6.45) is 9.04. The zero-order chi connectivity index (χ0) is 52.8. The number of aromatic nitrogens is 4. The van der Waals surface area contributed by atoms with Crippen molar-refractivity contribution in [3.05, 3.63) is 248 Å². The number of para-hydroxylation sites is 4. The Hall–Kier alpha value is -7.07. The molecule has 6 heteroatoms. The van der Waals surface area contributed by atoms with E-state index in [-0.39, 0.29) is 54.4 Å². The number of hydrogen-bond donors (Lipinski definition) is 0. The molecule has 10 aromatic rings. The van der Waals surface area contributed by atoms with Crippen LogP contribution >= 0.6 is 0 Å². The molecule has 0 aliphatic heterocycles. The van der Waals surface area contributed by atoms with Crippen molar-refractivity contribution in [2.45, 2.75) is 45.6 Å². The molecule has 0 fully saturated rings. The van der Waals surface area contributed by atoms with Crippen molar-refractivity contribution < 1.29 is 39.3 Å². The molecule has 0 aliphatic carbocycles. The number of benzene rings is 8. The normalized spacial score (nSPS) is 13.5. The van der Waals surface area contributed by atoms with Crippen LogP contribution in [0.5, 0.6) is 0 Å². The van der Waals surface area contributed by atoms with Crippen molar-refractivity contribution in [1.29, 1.82) is 0 Å². The van der Waals surface area contributed by atoms with Crippen LogP contribution in [0.1, 0.15) is 59.5 Å². The molecule has 0 saturated carbocycles. The molecule has 0 radical (unpaired) electrons. The zero-order valence-corrected chi connectivity index (χ0v) is 38.8. The summed E-state index contributed by atoms with van der Waals surface area (Å²) in [4.78, 5) is 4.17. The van der Waals surface area contributed by atoms with E-state index in [1.54, 1.807) is 27.3 Å². The number of hydrogen-bond acceptors (Lipinski definition) is 1. The number of rotatable bonds is 9. The van der Waals surface area contributed by atoms with Crippen LogP contribution in [0.4, 0.5) is 5.69 Å². The third kappa shape index (κ3) is 9.72. The van der Waals surface area contributed by atoms with Gasteiger partial charge >= 0.3 is 0 Å². The van der Waals surface area contributed by atoms with E-state index in [1.165, 1.54) is 16.7 Å². The van der Waals surface area contributed by atoms with Crippen LogP contribution in [0.25, 0.3) is 66.8 Å². The molecule has 0 N–H and O–H groups in total. The quantitative estimate of drug-likeness (QED) is 0.105. The molecule has 65 heavy (non-hydrogen) atoms. The van der Waals surface area contributed by atoms with Gasteiger partial charge in [0.25, 0.3) is 6.33 Å². The SMILES string of the molecule is CC(C)(C)c1ccc(-n2ccnc2)c(-c2ccccc2)c1.[2H]c1c([2H])c([2H])c(-c2cccc(-c3c([2H])c([2H])c([2H])c([2H])c3[2H])c2-[n+]2[c-]n(-c3[c-]c(C(C)(C)[N-]c4ccccc4)ccc3)c3ccccc32)c([2H])c1[2H].[Pt]. The van der Waals surface area contributed by atoms with E-state index >= 15 is 0 Å². The van der Waals surface area contributed by atoms with Crippen molar-refractivity contribution in [1.82, 2.24) is 14.1 Å². The summed E-state index contributed by atoms with van der Waals surface area (Å²) in [5, 5.41) is 4.96.